The molecule has 21 heavy (non-hydrogen) atoms. The molecule has 1 aromatic carbocycles. The third-order valence-corrected chi connectivity index (χ3v) is 4.42. The largest absolute Gasteiger partial charge is 0.395 e. The van der Waals surface area contributed by atoms with Gasteiger partial charge in [-0.15, -0.1) is 11.3 Å². The number of Topliss-reactive ketones (excluding diaryl/α,β-unsaturated/α-hetero) is 1. The molecular weight excluding hydrogens is 282 g/mol. The van der Waals surface area contributed by atoms with Crippen LogP contribution in [0.3, 0.4) is 0 Å². The van der Waals surface area contributed by atoms with E-state index in [1.54, 1.807) is 0 Å². The molecule has 1 atom stereocenters. The van der Waals surface area contributed by atoms with E-state index in [1.165, 1.54) is 16.9 Å². The topological polar surface area (TPSA) is 49.3 Å². The van der Waals surface area contributed by atoms with Gasteiger partial charge in [-0.2, -0.15) is 0 Å². The van der Waals surface area contributed by atoms with Gasteiger partial charge in [-0.3, -0.25) is 4.79 Å². The van der Waals surface area contributed by atoms with E-state index < -0.39 is 0 Å². The molecular formula is C17H21NO2S. The Morgan fingerprint density at radius 1 is 1.33 bits per heavy atom. The first-order chi connectivity index (χ1) is 10.2. The van der Waals surface area contributed by atoms with Crippen molar-refractivity contribution in [2.24, 2.45) is 0 Å². The third kappa shape index (κ3) is 5.08. The van der Waals surface area contributed by atoms with Gasteiger partial charge in [0.2, 0.25) is 0 Å². The summed E-state index contributed by atoms with van der Waals surface area (Å²) in [4.78, 5) is 12.8. The van der Waals surface area contributed by atoms with Crippen molar-refractivity contribution in [3.05, 3.63) is 57.8 Å². The predicted octanol–water partition coefficient (Wildman–Crippen LogP) is 2.82. The molecule has 112 valence electrons. The number of carbonyl (C=O) groups excluding carboxylic acids is 1. The van der Waals surface area contributed by atoms with Crippen LogP contribution in [0.2, 0.25) is 0 Å². The number of hydrogen-bond donors (Lipinski definition) is 2. The van der Waals surface area contributed by atoms with Gasteiger partial charge in [0.25, 0.3) is 0 Å². The lowest BCUT2D eigenvalue weighted by Gasteiger charge is -2.16. The number of ketones is 1. The van der Waals surface area contributed by atoms with E-state index in [0.717, 1.165) is 16.9 Å². The molecule has 0 aliphatic heterocycles. The summed E-state index contributed by atoms with van der Waals surface area (Å²) in [5.41, 5.74) is 2.32. The molecule has 0 saturated heterocycles. The maximum Gasteiger partial charge on any atom is 0.174 e. The Balaban J connectivity index is 1.77. The summed E-state index contributed by atoms with van der Waals surface area (Å²) in [7, 11) is 0. The number of nitrogens with one attached hydrogen (secondary N) is 1. The van der Waals surface area contributed by atoms with Crippen molar-refractivity contribution in [3.63, 3.8) is 0 Å². The number of aliphatic hydroxyl groups is 1. The van der Waals surface area contributed by atoms with Crippen molar-refractivity contribution < 1.29 is 9.90 Å². The predicted molar refractivity (Wildman–Crippen MR) is 87.0 cm³/mol. The quantitative estimate of drug-likeness (QED) is 0.737. The molecule has 0 radical (unpaired) electrons. The number of thiophene rings is 1. The highest BCUT2D eigenvalue weighted by atomic mass is 32.1. The molecule has 2 rings (SSSR count). The first-order valence-electron chi connectivity index (χ1n) is 7.15. The summed E-state index contributed by atoms with van der Waals surface area (Å²) in [5, 5.41) is 14.7. The van der Waals surface area contributed by atoms with Gasteiger partial charge in [0.15, 0.2) is 5.78 Å². The molecule has 4 heteroatoms. The van der Waals surface area contributed by atoms with Crippen LogP contribution in [0.1, 0.15) is 27.2 Å². The van der Waals surface area contributed by atoms with Crippen LogP contribution < -0.4 is 5.32 Å². The van der Waals surface area contributed by atoms with Crippen LogP contribution in [0, 0.1) is 6.92 Å². The van der Waals surface area contributed by atoms with Gasteiger partial charge in [-0.1, -0.05) is 30.3 Å². The Morgan fingerprint density at radius 3 is 2.71 bits per heavy atom. The normalized spacial score (nSPS) is 12.3. The number of carbonyl (C=O) groups is 1. The lowest BCUT2D eigenvalue weighted by Crippen LogP contribution is -2.35. The van der Waals surface area contributed by atoms with Gasteiger partial charge in [0.05, 0.1) is 11.5 Å². The molecule has 1 unspecified atom stereocenters. The molecule has 2 N–H and O–H groups in total. The monoisotopic (exact) mass is 303 g/mol. The maximum atomic E-state index is 12.0. The second kappa shape index (κ2) is 8.08. The molecule has 0 fully saturated rings. The second-order valence-corrected chi connectivity index (χ2v) is 6.10. The Bertz CT molecular complexity index is 565. The highest BCUT2D eigenvalue weighted by Gasteiger charge is 2.11. The number of aryl methyl sites for hydroxylation is 1. The van der Waals surface area contributed by atoms with Crippen LogP contribution in [-0.4, -0.2) is 30.1 Å². The highest BCUT2D eigenvalue weighted by molar-refractivity contribution is 7.12. The smallest absolute Gasteiger partial charge is 0.174 e. The van der Waals surface area contributed by atoms with Gasteiger partial charge in [0.1, 0.15) is 0 Å². The molecule has 0 spiro atoms. The Hall–Kier alpha value is -1.49. The second-order valence-electron chi connectivity index (χ2n) is 5.18. The SMILES string of the molecule is Cc1csc(C(=O)CCNC(CO)Cc2ccccc2)c1. The fourth-order valence-electron chi connectivity index (χ4n) is 2.19. The van der Waals surface area contributed by atoms with Crippen molar-refractivity contribution in [2.75, 3.05) is 13.2 Å². The zero-order valence-corrected chi connectivity index (χ0v) is 13.0. The van der Waals surface area contributed by atoms with Crippen molar-refractivity contribution in [1.82, 2.24) is 5.32 Å². The zero-order valence-electron chi connectivity index (χ0n) is 12.2. The maximum absolute atomic E-state index is 12.0. The summed E-state index contributed by atoms with van der Waals surface area (Å²) in [6.07, 6.45) is 1.23. The van der Waals surface area contributed by atoms with Gasteiger partial charge < -0.3 is 10.4 Å². The molecule has 3 nitrogen and oxygen atoms in total. The van der Waals surface area contributed by atoms with Crippen LogP contribution in [0.4, 0.5) is 0 Å². The molecule has 0 bridgehead atoms. The average Bonchev–Trinajstić information content (AvgIpc) is 2.94. The van der Waals surface area contributed by atoms with Crippen LogP contribution in [0.25, 0.3) is 0 Å². The third-order valence-electron chi connectivity index (χ3n) is 3.34. The van der Waals surface area contributed by atoms with Gasteiger partial charge in [-0.25, -0.2) is 0 Å². The molecule has 1 aromatic heterocycles. The lowest BCUT2D eigenvalue weighted by molar-refractivity contribution is 0.0984. The molecule has 0 aliphatic rings. The zero-order chi connectivity index (χ0) is 15.1. The number of aliphatic hydroxyl groups excluding tert-OH is 1. The van der Waals surface area contributed by atoms with E-state index in [1.807, 2.05) is 48.7 Å². The van der Waals surface area contributed by atoms with Crippen molar-refractivity contribution in [1.29, 1.82) is 0 Å². The molecule has 0 amide bonds. The van der Waals surface area contributed by atoms with Gasteiger partial charge in [-0.05, 0) is 35.9 Å². The fraction of sp³-hybridized carbons (Fsp3) is 0.353. The first kappa shape index (κ1) is 15.9. The molecule has 0 saturated carbocycles. The number of benzene rings is 1. The molecule has 0 aliphatic carbocycles. The Morgan fingerprint density at radius 2 is 2.10 bits per heavy atom. The highest BCUT2D eigenvalue weighted by Crippen LogP contribution is 2.15. The van der Waals surface area contributed by atoms with E-state index in [4.69, 9.17) is 0 Å². The van der Waals surface area contributed by atoms with E-state index in [-0.39, 0.29) is 18.4 Å². The van der Waals surface area contributed by atoms with Crippen LogP contribution >= 0.6 is 11.3 Å². The standard InChI is InChI=1S/C17H21NO2S/c1-13-9-17(21-12-13)16(20)7-8-18-15(11-19)10-14-5-3-2-4-6-14/h2-6,9,12,15,18-19H,7-8,10-11H2,1H3. The summed E-state index contributed by atoms with van der Waals surface area (Å²) in [6.45, 7) is 2.65. The van der Waals surface area contributed by atoms with Crippen molar-refractivity contribution in [2.45, 2.75) is 25.8 Å². The van der Waals surface area contributed by atoms with Crippen LogP contribution in [0.5, 0.6) is 0 Å². The average molecular weight is 303 g/mol. The van der Waals surface area contributed by atoms with E-state index in [2.05, 4.69) is 5.32 Å². The molecule has 1 heterocycles. The summed E-state index contributed by atoms with van der Waals surface area (Å²) in [5.74, 6) is 0.164. The minimum atomic E-state index is -0.00901. The summed E-state index contributed by atoms with van der Waals surface area (Å²) in [6, 6.07) is 12.0. The van der Waals surface area contributed by atoms with Gasteiger partial charge in [0, 0.05) is 19.0 Å². The molecule has 2 aromatic rings. The van der Waals surface area contributed by atoms with Crippen molar-refractivity contribution in [3.8, 4) is 0 Å². The summed E-state index contributed by atoms with van der Waals surface area (Å²) < 4.78 is 0. The van der Waals surface area contributed by atoms with Crippen molar-refractivity contribution >= 4 is 17.1 Å². The fourth-order valence-corrected chi connectivity index (χ4v) is 3.06. The van der Waals surface area contributed by atoms with E-state index in [0.29, 0.717) is 13.0 Å². The van der Waals surface area contributed by atoms with Gasteiger partial charge >= 0.3 is 0 Å². The first-order valence-corrected chi connectivity index (χ1v) is 8.03. The Labute approximate surface area is 129 Å². The van der Waals surface area contributed by atoms with Crippen LogP contribution in [-0.2, 0) is 6.42 Å². The lowest BCUT2D eigenvalue weighted by atomic mass is 10.1. The van der Waals surface area contributed by atoms with E-state index >= 15 is 0 Å². The van der Waals surface area contributed by atoms with E-state index in [9.17, 15) is 9.90 Å². The minimum Gasteiger partial charge on any atom is -0.395 e. The minimum absolute atomic E-state index is 0.00901. The Kier molecular flexibility index (Phi) is 6.11. The number of hydrogen-bond acceptors (Lipinski definition) is 4. The summed E-state index contributed by atoms with van der Waals surface area (Å²) >= 11 is 1.50. The van der Waals surface area contributed by atoms with Crippen LogP contribution in [0.15, 0.2) is 41.8 Å². The number of rotatable bonds is 8.